The Morgan fingerprint density at radius 2 is 1.83 bits per heavy atom. The van der Waals surface area contributed by atoms with E-state index in [1.54, 1.807) is 18.2 Å². The van der Waals surface area contributed by atoms with Crippen LogP contribution in [0.2, 0.25) is 0 Å². The summed E-state index contributed by atoms with van der Waals surface area (Å²) in [7, 11) is -2.91. The van der Waals surface area contributed by atoms with Gasteiger partial charge in [0.15, 0.2) is 5.50 Å². The zero-order chi connectivity index (χ0) is 21.2. The van der Waals surface area contributed by atoms with Crippen LogP contribution in [0.5, 0.6) is 5.75 Å². The average Bonchev–Trinajstić information content (AvgIpc) is 3.07. The fourth-order valence-electron chi connectivity index (χ4n) is 2.85. The molecule has 0 N–H and O–H groups in total. The molecular formula is C21H22BrN2O4P. The highest BCUT2D eigenvalue weighted by atomic mass is 79.9. The Hall–Kier alpha value is -2.37. The Balaban J connectivity index is 2.35. The molecular weight excluding hydrogens is 455 g/mol. The van der Waals surface area contributed by atoms with E-state index in [0.29, 0.717) is 11.3 Å². The van der Waals surface area contributed by atoms with E-state index in [9.17, 15) is 10.1 Å². The van der Waals surface area contributed by atoms with Crippen LogP contribution in [0.3, 0.4) is 0 Å². The van der Waals surface area contributed by atoms with Crippen LogP contribution in [0.15, 0.2) is 74.3 Å². The van der Waals surface area contributed by atoms with Crippen molar-refractivity contribution < 1.29 is 13.9 Å². The molecule has 3 rings (SSSR count). The van der Waals surface area contributed by atoms with E-state index >= 15 is 0 Å². The monoisotopic (exact) mass is 476 g/mol. The van der Waals surface area contributed by atoms with E-state index in [1.807, 2.05) is 64.1 Å². The molecule has 0 aliphatic rings. The van der Waals surface area contributed by atoms with Crippen molar-refractivity contribution in [3.8, 4) is 5.75 Å². The molecule has 1 heterocycles. The number of hydrogen-bond acceptors (Lipinski definition) is 5. The predicted molar refractivity (Wildman–Crippen MR) is 120 cm³/mol. The first-order valence-electron chi connectivity index (χ1n) is 9.00. The largest absolute Gasteiger partial charge is 0.457 e. The van der Waals surface area contributed by atoms with Gasteiger partial charge in [0, 0.05) is 15.7 Å². The Morgan fingerprint density at radius 1 is 1.10 bits per heavy atom. The van der Waals surface area contributed by atoms with Crippen LogP contribution in [0, 0.1) is 17.0 Å². The smallest absolute Gasteiger partial charge is 0.294 e. The van der Waals surface area contributed by atoms with E-state index in [-0.39, 0.29) is 11.4 Å². The Bertz CT molecular complexity index is 1100. The maximum atomic E-state index is 11.6. The zero-order valence-electron chi connectivity index (χ0n) is 16.6. The molecule has 2 aromatic carbocycles. The Labute approximate surface area is 178 Å². The molecule has 6 nitrogen and oxygen atoms in total. The quantitative estimate of drug-likeness (QED) is 0.221. The number of nitro benzene ring substituents is 1. The number of rotatable bonds is 5. The van der Waals surface area contributed by atoms with Gasteiger partial charge in [-0.25, -0.2) is 4.74 Å². The topological polar surface area (TPSA) is 77.9 Å². The van der Waals surface area contributed by atoms with Gasteiger partial charge >= 0.3 is 0 Å². The molecule has 0 amide bonds. The molecule has 8 heteroatoms. The van der Waals surface area contributed by atoms with Gasteiger partial charge in [0.25, 0.3) is 5.69 Å². The maximum Gasteiger partial charge on any atom is 0.294 e. The predicted octanol–water partition coefficient (Wildman–Crippen LogP) is 7.21. The summed E-state index contributed by atoms with van der Waals surface area (Å²) in [6, 6.07) is 17.6. The molecule has 1 atom stereocenters. The van der Waals surface area contributed by atoms with Crippen molar-refractivity contribution in [1.29, 1.82) is 0 Å². The van der Waals surface area contributed by atoms with Crippen molar-refractivity contribution in [2.45, 2.75) is 32.9 Å². The van der Waals surface area contributed by atoms with Gasteiger partial charge < -0.3 is 8.94 Å². The highest BCUT2D eigenvalue weighted by Gasteiger charge is 2.42. The van der Waals surface area contributed by atoms with Crippen molar-refractivity contribution in [3.05, 3.63) is 81.0 Å². The molecule has 0 radical (unpaired) electrons. The number of para-hydroxylation sites is 1. The average molecular weight is 477 g/mol. The summed E-state index contributed by atoms with van der Waals surface area (Å²) >= 11 is 3.47. The van der Waals surface area contributed by atoms with Crippen LogP contribution in [0.1, 0.15) is 26.5 Å². The second-order valence-electron chi connectivity index (χ2n) is 7.53. The lowest BCUT2D eigenvalue weighted by Crippen LogP contribution is -2.26. The third kappa shape index (κ3) is 4.46. The second kappa shape index (κ2) is 8.17. The first-order valence-corrected chi connectivity index (χ1v) is 11.5. The van der Waals surface area contributed by atoms with Crippen molar-refractivity contribution in [1.82, 2.24) is 0 Å². The second-order valence-corrected chi connectivity index (χ2v) is 11.8. The van der Waals surface area contributed by atoms with Gasteiger partial charge in [0.1, 0.15) is 17.2 Å². The van der Waals surface area contributed by atoms with Crippen LogP contribution in [0.25, 0.3) is 0 Å². The first kappa shape index (κ1) is 21.3. The fraction of sp³-hybridized carbons (Fsp3) is 0.238. The lowest BCUT2D eigenvalue weighted by molar-refractivity contribution is -0.384. The Morgan fingerprint density at radius 3 is 2.41 bits per heavy atom. The standard InChI is InChI=1S/C21H22BrN2O4P/c1-15-12-13-20(27-15)29(21(2,3)4,28-17-9-7-8-16(22)14-17)23-18-10-5-6-11-19(18)24(25)26/h5-14H,1-4H3. The molecule has 1 aromatic heterocycles. The van der Waals surface area contributed by atoms with Crippen molar-refractivity contribution in [3.63, 3.8) is 0 Å². The highest BCUT2D eigenvalue weighted by molar-refractivity contribution is 9.10. The molecule has 0 aliphatic heterocycles. The van der Waals surface area contributed by atoms with Crippen molar-refractivity contribution in [2.75, 3.05) is 0 Å². The van der Waals surface area contributed by atoms with Crippen molar-refractivity contribution in [2.24, 2.45) is 4.74 Å². The number of nitro groups is 1. The summed E-state index contributed by atoms with van der Waals surface area (Å²) < 4.78 is 18.4. The van der Waals surface area contributed by atoms with Crippen LogP contribution in [-0.4, -0.2) is 10.1 Å². The Kier molecular flexibility index (Phi) is 6.01. The van der Waals surface area contributed by atoms with Gasteiger partial charge in [0.05, 0.1) is 4.92 Å². The first-order chi connectivity index (χ1) is 13.6. The van der Waals surface area contributed by atoms with Crippen LogP contribution in [0.4, 0.5) is 11.4 Å². The summed E-state index contributed by atoms with van der Waals surface area (Å²) in [6.45, 7) is 7.88. The maximum absolute atomic E-state index is 11.6. The minimum atomic E-state index is -2.91. The molecule has 29 heavy (non-hydrogen) atoms. The third-order valence-electron chi connectivity index (χ3n) is 4.29. The summed E-state index contributed by atoms with van der Waals surface area (Å²) in [5.74, 6) is 1.34. The summed E-state index contributed by atoms with van der Waals surface area (Å²) in [4.78, 5) is 11.2. The summed E-state index contributed by atoms with van der Waals surface area (Å²) in [5, 5.41) is 11.1. The molecule has 0 saturated carbocycles. The molecule has 0 fully saturated rings. The van der Waals surface area contributed by atoms with Crippen LogP contribution in [-0.2, 0) is 0 Å². The van der Waals surface area contributed by atoms with Gasteiger partial charge in [-0.2, -0.15) is 0 Å². The third-order valence-corrected chi connectivity index (χ3v) is 8.42. The number of nitrogens with zero attached hydrogens (tertiary/aromatic N) is 2. The van der Waals surface area contributed by atoms with E-state index in [4.69, 9.17) is 13.7 Å². The van der Waals surface area contributed by atoms with Crippen LogP contribution < -0.4 is 10.0 Å². The molecule has 152 valence electrons. The van der Waals surface area contributed by atoms with E-state index < -0.39 is 17.4 Å². The minimum absolute atomic E-state index is 0.0674. The van der Waals surface area contributed by atoms with E-state index in [2.05, 4.69) is 15.9 Å². The summed E-state index contributed by atoms with van der Waals surface area (Å²) in [6.07, 6.45) is 0. The normalized spacial score (nSPS) is 13.6. The number of benzene rings is 2. The van der Waals surface area contributed by atoms with E-state index in [1.165, 1.54) is 6.07 Å². The molecule has 0 aliphatic carbocycles. The molecule has 0 saturated heterocycles. The van der Waals surface area contributed by atoms with Gasteiger partial charge in [-0.1, -0.05) is 54.9 Å². The molecule has 0 spiro atoms. The molecule has 0 bridgehead atoms. The number of aryl methyl sites for hydroxylation is 1. The number of halogens is 1. The van der Waals surface area contributed by atoms with Gasteiger partial charge in [-0.15, -0.1) is 0 Å². The SMILES string of the molecule is Cc1ccc(P(=Nc2ccccc2[N+](=O)[O-])(Oc2cccc(Br)c2)C(C)(C)C)o1. The lowest BCUT2D eigenvalue weighted by Gasteiger charge is -2.35. The minimum Gasteiger partial charge on any atom is -0.457 e. The van der Waals surface area contributed by atoms with Gasteiger partial charge in [-0.05, 0) is 43.3 Å². The fourth-order valence-corrected chi connectivity index (χ4v) is 6.13. The molecule has 3 aromatic rings. The lowest BCUT2D eigenvalue weighted by atomic mass is 10.3. The number of hydrogen-bond donors (Lipinski definition) is 0. The zero-order valence-corrected chi connectivity index (χ0v) is 19.1. The van der Waals surface area contributed by atoms with E-state index in [0.717, 1.165) is 10.2 Å². The summed E-state index contributed by atoms with van der Waals surface area (Å²) in [5.41, 5.74) is 0.785. The van der Waals surface area contributed by atoms with Crippen molar-refractivity contribution >= 4 is 40.1 Å². The van der Waals surface area contributed by atoms with Gasteiger partial charge in [0.2, 0.25) is 7.28 Å². The number of furan rings is 1. The van der Waals surface area contributed by atoms with Crippen LogP contribution >= 0.6 is 23.2 Å². The highest BCUT2D eigenvalue weighted by Crippen LogP contribution is 2.62. The molecule has 1 unspecified atom stereocenters. The van der Waals surface area contributed by atoms with Gasteiger partial charge in [-0.3, -0.25) is 10.1 Å².